The zero-order valence-electron chi connectivity index (χ0n) is 15.1. The third kappa shape index (κ3) is 4.29. The number of rotatable bonds is 2. The molecule has 1 aromatic heterocycles. The number of piperidine rings is 2. The van der Waals surface area contributed by atoms with Crippen molar-refractivity contribution in [3.05, 3.63) is 18.2 Å². The summed E-state index contributed by atoms with van der Waals surface area (Å²) in [4.78, 5) is 24.3. The van der Waals surface area contributed by atoms with Gasteiger partial charge in [0.1, 0.15) is 11.4 Å². The molecule has 0 radical (unpaired) electrons. The van der Waals surface area contributed by atoms with Crippen molar-refractivity contribution < 1.29 is 9.53 Å². The summed E-state index contributed by atoms with van der Waals surface area (Å²) in [5, 5.41) is 0. The molecule has 6 nitrogen and oxygen atoms in total. The maximum Gasteiger partial charge on any atom is 0.410 e. The Morgan fingerprint density at radius 2 is 1.83 bits per heavy atom. The van der Waals surface area contributed by atoms with Gasteiger partial charge in [-0.05, 0) is 59.5 Å². The van der Waals surface area contributed by atoms with Gasteiger partial charge < -0.3 is 19.5 Å². The van der Waals surface area contributed by atoms with Crippen LogP contribution in [0.2, 0.25) is 0 Å². The van der Waals surface area contributed by atoms with Crippen LogP contribution in [-0.2, 0) is 4.74 Å². The number of H-pyrrole nitrogens is 1. The van der Waals surface area contributed by atoms with Crippen molar-refractivity contribution in [2.75, 3.05) is 26.2 Å². The summed E-state index contributed by atoms with van der Waals surface area (Å²) in [6.45, 7) is 9.61. The Kier molecular flexibility index (Phi) is 5.13. The second-order valence-electron chi connectivity index (χ2n) is 7.98. The standard InChI is InChI=1S/C18H30N4O2/c1-18(2,3)24-17(23)22-12-6-15(7-13-22)21-10-4-14(5-11-21)16-19-8-9-20-16/h8-9,14-15H,4-7,10-13H2,1-3H3,(H,19,20). The average molecular weight is 334 g/mol. The van der Waals surface area contributed by atoms with Gasteiger partial charge >= 0.3 is 6.09 Å². The van der Waals surface area contributed by atoms with E-state index in [1.807, 2.05) is 38.1 Å². The van der Waals surface area contributed by atoms with E-state index in [-0.39, 0.29) is 6.09 Å². The van der Waals surface area contributed by atoms with E-state index in [2.05, 4.69) is 14.9 Å². The highest BCUT2D eigenvalue weighted by molar-refractivity contribution is 5.68. The lowest BCUT2D eigenvalue weighted by atomic mass is 9.93. The first kappa shape index (κ1) is 17.3. The first-order valence-electron chi connectivity index (χ1n) is 9.13. The normalized spacial score (nSPS) is 21.9. The molecular weight excluding hydrogens is 304 g/mol. The van der Waals surface area contributed by atoms with E-state index in [1.54, 1.807) is 0 Å². The predicted octanol–water partition coefficient (Wildman–Crippen LogP) is 2.99. The Morgan fingerprint density at radius 1 is 1.17 bits per heavy atom. The van der Waals surface area contributed by atoms with Gasteiger partial charge in [0.25, 0.3) is 0 Å². The molecule has 1 amide bonds. The van der Waals surface area contributed by atoms with Gasteiger partial charge in [0, 0.05) is 37.4 Å². The Labute approximate surface area is 144 Å². The second kappa shape index (κ2) is 7.13. The smallest absolute Gasteiger partial charge is 0.410 e. The lowest BCUT2D eigenvalue weighted by molar-refractivity contribution is 0.0126. The quantitative estimate of drug-likeness (QED) is 0.903. The summed E-state index contributed by atoms with van der Waals surface area (Å²) in [7, 11) is 0. The number of amides is 1. The number of hydrogen-bond donors (Lipinski definition) is 1. The van der Waals surface area contributed by atoms with Crippen molar-refractivity contribution in [1.82, 2.24) is 19.8 Å². The molecule has 0 aliphatic carbocycles. The average Bonchev–Trinajstić information content (AvgIpc) is 3.08. The highest BCUT2D eigenvalue weighted by Gasteiger charge is 2.31. The first-order chi connectivity index (χ1) is 11.4. The van der Waals surface area contributed by atoms with Crippen LogP contribution in [0.5, 0.6) is 0 Å². The van der Waals surface area contributed by atoms with Crippen LogP contribution in [0.25, 0.3) is 0 Å². The lowest BCUT2D eigenvalue weighted by Crippen LogP contribution is -2.49. The monoisotopic (exact) mass is 334 g/mol. The van der Waals surface area contributed by atoms with Gasteiger partial charge in [-0.1, -0.05) is 0 Å². The third-order valence-corrected chi connectivity index (χ3v) is 5.07. The molecule has 0 unspecified atom stereocenters. The Bertz CT molecular complexity index is 522. The molecule has 6 heteroatoms. The maximum atomic E-state index is 12.2. The summed E-state index contributed by atoms with van der Waals surface area (Å²) in [5.41, 5.74) is -0.415. The minimum Gasteiger partial charge on any atom is -0.444 e. The Morgan fingerprint density at radius 3 is 2.38 bits per heavy atom. The first-order valence-corrected chi connectivity index (χ1v) is 9.13. The molecular formula is C18H30N4O2. The van der Waals surface area contributed by atoms with Crippen molar-refractivity contribution in [3.63, 3.8) is 0 Å². The van der Waals surface area contributed by atoms with Crippen LogP contribution in [0.4, 0.5) is 4.79 Å². The molecule has 2 saturated heterocycles. The number of carbonyl (C=O) groups is 1. The van der Waals surface area contributed by atoms with E-state index >= 15 is 0 Å². The topological polar surface area (TPSA) is 61.5 Å². The SMILES string of the molecule is CC(C)(C)OC(=O)N1CCC(N2CCC(c3ncc[nH]3)CC2)CC1. The van der Waals surface area contributed by atoms with Gasteiger partial charge in [0.15, 0.2) is 0 Å². The van der Waals surface area contributed by atoms with Gasteiger partial charge in [-0.3, -0.25) is 0 Å². The number of aromatic amines is 1. The third-order valence-electron chi connectivity index (χ3n) is 5.07. The fourth-order valence-corrected chi connectivity index (χ4v) is 3.78. The molecule has 0 bridgehead atoms. The molecule has 0 saturated carbocycles. The fraction of sp³-hybridized carbons (Fsp3) is 0.778. The summed E-state index contributed by atoms with van der Waals surface area (Å²) in [6, 6.07) is 0.598. The number of nitrogens with zero attached hydrogens (tertiary/aromatic N) is 3. The summed E-state index contributed by atoms with van der Waals surface area (Å²) < 4.78 is 5.48. The van der Waals surface area contributed by atoms with Gasteiger partial charge in [-0.25, -0.2) is 9.78 Å². The van der Waals surface area contributed by atoms with Crippen LogP contribution in [0.15, 0.2) is 12.4 Å². The molecule has 2 fully saturated rings. The van der Waals surface area contributed by atoms with Crippen LogP contribution in [0.3, 0.4) is 0 Å². The van der Waals surface area contributed by atoms with Crippen molar-refractivity contribution in [3.8, 4) is 0 Å². The van der Waals surface area contributed by atoms with Crippen LogP contribution >= 0.6 is 0 Å². The molecule has 2 aliphatic heterocycles. The number of nitrogens with one attached hydrogen (secondary N) is 1. The number of hydrogen-bond acceptors (Lipinski definition) is 4. The Hall–Kier alpha value is -1.56. The van der Waals surface area contributed by atoms with E-state index in [1.165, 1.54) is 12.8 Å². The molecule has 3 rings (SSSR count). The van der Waals surface area contributed by atoms with E-state index in [4.69, 9.17) is 4.74 Å². The molecule has 3 heterocycles. The van der Waals surface area contributed by atoms with E-state index in [0.29, 0.717) is 12.0 Å². The molecule has 24 heavy (non-hydrogen) atoms. The summed E-state index contributed by atoms with van der Waals surface area (Å²) in [5.74, 6) is 1.70. The van der Waals surface area contributed by atoms with Crippen molar-refractivity contribution >= 4 is 6.09 Å². The molecule has 0 spiro atoms. The minimum atomic E-state index is -0.415. The second-order valence-corrected chi connectivity index (χ2v) is 7.98. The molecule has 1 N–H and O–H groups in total. The number of imidazole rings is 1. The lowest BCUT2D eigenvalue weighted by Gasteiger charge is -2.41. The minimum absolute atomic E-state index is 0.169. The number of ether oxygens (including phenoxy) is 1. The molecule has 2 aliphatic rings. The van der Waals surface area contributed by atoms with Crippen molar-refractivity contribution in [2.24, 2.45) is 0 Å². The maximum absolute atomic E-state index is 12.2. The summed E-state index contributed by atoms with van der Waals surface area (Å²) in [6.07, 6.45) is 8.01. The Balaban J connectivity index is 1.43. The van der Waals surface area contributed by atoms with Gasteiger partial charge in [0.05, 0.1) is 0 Å². The number of likely N-dealkylation sites (tertiary alicyclic amines) is 2. The molecule has 134 valence electrons. The van der Waals surface area contributed by atoms with Crippen LogP contribution in [0, 0.1) is 0 Å². The largest absolute Gasteiger partial charge is 0.444 e. The molecule has 1 aromatic rings. The van der Waals surface area contributed by atoms with E-state index < -0.39 is 5.60 Å². The van der Waals surface area contributed by atoms with Crippen LogP contribution in [0.1, 0.15) is 58.2 Å². The van der Waals surface area contributed by atoms with Crippen LogP contribution < -0.4 is 0 Å². The van der Waals surface area contributed by atoms with Gasteiger partial charge in [-0.15, -0.1) is 0 Å². The molecule has 0 atom stereocenters. The highest BCUT2D eigenvalue weighted by Crippen LogP contribution is 2.29. The fourth-order valence-electron chi connectivity index (χ4n) is 3.78. The van der Waals surface area contributed by atoms with Gasteiger partial charge in [-0.2, -0.15) is 0 Å². The summed E-state index contributed by atoms with van der Waals surface area (Å²) >= 11 is 0. The van der Waals surface area contributed by atoms with Crippen LogP contribution in [-0.4, -0.2) is 63.7 Å². The molecule has 0 aromatic carbocycles. The highest BCUT2D eigenvalue weighted by atomic mass is 16.6. The zero-order chi connectivity index (χ0) is 17.2. The number of carbonyl (C=O) groups excluding carboxylic acids is 1. The zero-order valence-corrected chi connectivity index (χ0v) is 15.1. The van der Waals surface area contributed by atoms with Crippen molar-refractivity contribution in [1.29, 1.82) is 0 Å². The van der Waals surface area contributed by atoms with E-state index in [0.717, 1.165) is 44.8 Å². The van der Waals surface area contributed by atoms with Gasteiger partial charge in [0.2, 0.25) is 0 Å². The number of aromatic nitrogens is 2. The van der Waals surface area contributed by atoms with E-state index in [9.17, 15) is 4.79 Å². The predicted molar refractivity (Wildman–Crippen MR) is 93.0 cm³/mol. The van der Waals surface area contributed by atoms with Crippen molar-refractivity contribution in [2.45, 2.75) is 64.0 Å².